The number of aryl methyl sites for hydroxylation is 1. The number of carbonyl (C=O) groups excluding carboxylic acids is 1. The highest BCUT2D eigenvalue weighted by molar-refractivity contribution is 5.68. The number of methoxy groups -OCH3 is 1. The van der Waals surface area contributed by atoms with E-state index in [2.05, 4.69) is 14.9 Å². The molecule has 0 spiro atoms. The molecule has 0 saturated carbocycles. The van der Waals surface area contributed by atoms with Crippen LogP contribution in [0.4, 0.5) is 10.6 Å². The van der Waals surface area contributed by atoms with Gasteiger partial charge in [0.05, 0.1) is 6.61 Å². The topological polar surface area (TPSA) is 67.8 Å². The summed E-state index contributed by atoms with van der Waals surface area (Å²) in [5.74, 6) is 0.954. The second-order valence-electron chi connectivity index (χ2n) is 4.99. The molecule has 2 rings (SSSR count). The van der Waals surface area contributed by atoms with Gasteiger partial charge in [0.2, 0.25) is 0 Å². The molecule has 21 heavy (non-hydrogen) atoms. The first-order chi connectivity index (χ1) is 10.1. The lowest BCUT2D eigenvalue weighted by Gasteiger charge is -2.35. The molecular weight excluding hydrogens is 272 g/mol. The number of rotatable bonds is 4. The van der Waals surface area contributed by atoms with Crippen molar-refractivity contribution < 1.29 is 14.3 Å². The van der Waals surface area contributed by atoms with E-state index in [0.717, 1.165) is 30.2 Å². The van der Waals surface area contributed by atoms with Crippen molar-refractivity contribution in [3.63, 3.8) is 0 Å². The van der Waals surface area contributed by atoms with Crippen LogP contribution in [0.3, 0.4) is 0 Å². The fraction of sp³-hybridized carbons (Fsp3) is 0.643. The fourth-order valence-electron chi connectivity index (χ4n) is 2.25. The lowest BCUT2D eigenvalue weighted by Crippen LogP contribution is -2.49. The summed E-state index contributed by atoms with van der Waals surface area (Å²) in [4.78, 5) is 24.3. The summed E-state index contributed by atoms with van der Waals surface area (Å²) in [6.45, 7) is 7.47. The Morgan fingerprint density at radius 3 is 2.57 bits per heavy atom. The lowest BCUT2D eigenvalue weighted by atomic mass is 10.2. The molecule has 1 saturated heterocycles. The number of piperazine rings is 1. The van der Waals surface area contributed by atoms with Crippen LogP contribution in [0.1, 0.15) is 11.3 Å². The standard InChI is InChI=1S/C14H22N4O3/c1-11-12(2)15-10-16-13(11)17-4-6-18(7-5-17)14(19)21-9-8-20-3/h10H,4-9H2,1-3H3. The number of hydrogen-bond acceptors (Lipinski definition) is 6. The maximum Gasteiger partial charge on any atom is 0.409 e. The van der Waals surface area contributed by atoms with Gasteiger partial charge in [0.25, 0.3) is 0 Å². The maximum absolute atomic E-state index is 11.8. The fourth-order valence-corrected chi connectivity index (χ4v) is 2.25. The van der Waals surface area contributed by atoms with Gasteiger partial charge in [-0.1, -0.05) is 0 Å². The Labute approximate surface area is 124 Å². The van der Waals surface area contributed by atoms with Crippen LogP contribution in [-0.4, -0.2) is 67.5 Å². The minimum atomic E-state index is -0.276. The molecule has 7 nitrogen and oxygen atoms in total. The number of aromatic nitrogens is 2. The van der Waals surface area contributed by atoms with Gasteiger partial charge >= 0.3 is 6.09 Å². The Balaban J connectivity index is 1.88. The Hall–Kier alpha value is -1.89. The summed E-state index contributed by atoms with van der Waals surface area (Å²) in [5.41, 5.74) is 2.08. The van der Waals surface area contributed by atoms with Crippen LogP contribution in [0.5, 0.6) is 0 Å². The highest BCUT2D eigenvalue weighted by Crippen LogP contribution is 2.19. The van der Waals surface area contributed by atoms with Gasteiger partial charge in [0, 0.05) is 44.5 Å². The summed E-state index contributed by atoms with van der Waals surface area (Å²) < 4.78 is 9.98. The molecule has 1 fully saturated rings. The average molecular weight is 294 g/mol. The van der Waals surface area contributed by atoms with E-state index < -0.39 is 0 Å². The second-order valence-corrected chi connectivity index (χ2v) is 4.99. The van der Waals surface area contributed by atoms with Gasteiger partial charge in [0.1, 0.15) is 18.8 Å². The second kappa shape index (κ2) is 7.21. The van der Waals surface area contributed by atoms with E-state index in [0.29, 0.717) is 26.3 Å². The molecule has 1 aliphatic rings. The minimum absolute atomic E-state index is 0.276. The predicted molar refractivity (Wildman–Crippen MR) is 78.5 cm³/mol. The van der Waals surface area contributed by atoms with Crippen molar-refractivity contribution in [2.75, 3.05) is 51.4 Å². The average Bonchev–Trinajstić information content (AvgIpc) is 2.50. The molecule has 7 heteroatoms. The van der Waals surface area contributed by atoms with Crippen molar-refractivity contribution in [3.8, 4) is 0 Å². The van der Waals surface area contributed by atoms with Crippen molar-refractivity contribution in [1.82, 2.24) is 14.9 Å². The summed E-state index contributed by atoms with van der Waals surface area (Å²) in [6, 6.07) is 0. The van der Waals surface area contributed by atoms with E-state index in [1.54, 1.807) is 18.3 Å². The van der Waals surface area contributed by atoms with Gasteiger partial charge in [0.15, 0.2) is 0 Å². The van der Waals surface area contributed by atoms with E-state index in [1.165, 1.54) is 0 Å². The first-order valence-electron chi connectivity index (χ1n) is 7.07. The molecule has 0 radical (unpaired) electrons. The van der Waals surface area contributed by atoms with Crippen LogP contribution in [0.2, 0.25) is 0 Å². The number of amides is 1. The first kappa shape index (κ1) is 15.5. The maximum atomic E-state index is 11.8. The molecule has 0 bridgehead atoms. The molecule has 116 valence electrons. The Morgan fingerprint density at radius 1 is 1.19 bits per heavy atom. The lowest BCUT2D eigenvalue weighted by molar-refractivity contribution is 0.0705. The van der Waals surface area contributed by atoms with Gasteiger partial charge < -0.3 is 19.3 Å². The molecule has 0 aromatic carbocycles. The molecule has 2 heterocycles. The Morgan fingerprint density at radius 2 is 1.90 bits per heavy atom. The third-order valence-corrected chi connectivity index (χ3v) is 3.66. The number of hydrogen-bond donors (Lipinski definition) is 0. The molecule has 1 aliphatic heterocycles. The molecular formula is C14H22N4O3. The molecule has 0 aliphatic carbocycles. The molecule has 0 unspecified atom stereocenters. The Kier molecular flexibility index (Phi) is 5.32. The summed E-state index contributed by atoms with van der Waals surface area (Å²) in [7, 11) is 1.58. The number of anilines is 1. The summed E-state index contributed by atoms with van der Waals surface area (Å²) in [5, 5.41) is 0. The van der Waals surface area contributed by atoms with Gasteiger partial charge in [-0.25, -0.2) is 14.8 Å². The quantitative estimate of drug-likeness (QED) is 0.772. The van der Waals surface area contributed by atoms with Crippen LogP contribution in [0, 0.1) is 13.8 Å². The zero-order chi connectivity index (χ0) is 15.2. The van der Waals surface area contributed by atoms with Gasteiger partial charge in [-0.15, -0.1) is 0 Å². The van der Waals surface area contributed by atoms with E-state index in [1.807, 2.05) is 13.8 Å². The third-order valence-electron chi connectivity index (χ3n) is 3.66. The van der Waals surface area contributed by atoms with E-state index >= 15 is 0 Å². The predicted octanol–water partition coefficient (Wildman–Crippen LogP) is 0.998. The molecule has 1 amide bonds. The van der Waals surface area contributed by atoms with Gasteiger partial charge in [-0.05, 0) is 13.8 Å². The zero-order valence-electron chi connectivity index (χ0n) is 12.8. The van der Waals surface area contributed by atoms with Crippen LogP contribution in [0.15, 0.2) is 6.33 Å². The molecule has 1 aromatic rings. The van der Waals surface area contributed by atoms with Crippen LogP contribution < -0.4 is 4.90 Å². The summed E-state index contributed by atoms with van der Waals surface area (Å²) >= 11 is 0. The first-order valence-corrected chi connectivity index (χ1v) is 7.07. The molecule has 0 atom stereocenters. The van der Waals surface area contributed by atoms with Crippen molar-refractivity contribution >= 4 is 11.9 Å². The van der Waals surface area contributed by atoms with Crippen molar-refractivity contribution in [3.05, 3.63) is 17.6 Å². The smallest absolute Gasteiger partial charge is 0.409 e. The van der Waals surface area contributed by atoms with E-state index in [-0.39, 0.29) is 6.09 Å². The van der Waals surface area contributed by atoms with Crippen LogP contribution >= 0.6 is 0 Å². The zero-order valence-corrected chi connectivity index (χ0v) is 12.8. The van der Waals surface area contributed by atoms with Crippen LogP contribution in [-0.2, 0) is 9.47 Å². The van der Waals surface area contributed by atoms with Gasteiger partial charge in [-0.2, -0.15) is 0 Å². The van der Waals surface area contributed by atoms with Crippen molar-refractivity contribution in [2.45, 2.75) is 13.8 Å². The number of nitrogens with zero attached hydrogens (tertiary/aromatic N) is 4. The SMILES string of the molecule is COCCOC(=O)N1CCN(c2ncnc(C)c2C)CC1. The largest absolute Gasteiger partial charge is 0.447 e. The monoisotopic (exact) mass is 294 g/mol. The van der Waals surface area contributed by atoms with E-state index in [4.69, 9.17) is 9.47 Å². The normalized spacial score (nSPS) is 15.2. The minimum Gasteiger partial charge on any atom is -0.447 e. The number of carbonyl (C=O) groups is 1. The van der Waals surface area contributed by atoms with E-state index in [9.17, 15) is 4.79 Å². The molecule has 1 aromatic heterocycles. The third kappa shape index (κ3) is 3.81. The van der Waals surface area contributed by atoms with Crippen molar-refractivity contribution in [1.29, 1.82) is 0 Å². The van der Waals surface area contributed by atoms with Crippen molar-refractivity contribution in [2.24, 2.45) is 0 Å². The van der Waals surface area contributed by atoms with Crippen LogP contribution in [0.25, 0.3) is 0 Å². The number of ether oxygens (including phenoxy) is 2. The molecule has 0 N–H and O–H groups in total. The van der Waals surface area contributed by atoms with Gasteiger partial charge in [-0.3, -0.25) is 0 Å². The summed E-state index contributed by atoms with van der Waals surface area (Å²) in [6.07, 6.45) is 1.31. The Bertz CT molecular complexity index is 487. The highest BCUT2D eigenvalue weighted by atomic mass is 16.6. The highest BCUT2D eigenvalue weighted by Gasteiger charge is 2.24.